The molecule has 1 N–H and O–H groups in total. The maximum atomic E-state index is 13.0. The molecule has 1 amide bonds. The fourth-order valence-electron chi connectivity index (χ4n) is 2.73. The lowest BCUT2D eigenvalue weighted by Gasteiger charge is -2.24. The highest BCUT2D eigenvalue weighted by atomic mass is 19.4. The number of rotatable bonds is 1. The molecule has 0 unspecified atom stereocenters. The number of alkyl halides is 3. The van der Waals surface area contributed by atoms with Gasteiger partial charge >= 0.3 is 6.18 Å². The minimum atomic E-state index is -4.69. The van der Waals surface area contributed by atoms with Crippen LogP contribution in [0.25, 0.3) is 0 Å². The standard InChI is InChI=1S/C15H15F3N2O2/c1-8-12(21)14(2,3)13(22)20(8)10-5-4-9(7-19)11(6-10)15(16,17)18/h4-6,8,12,21H,1-3H3/t8-,12-/m0/s1. The Morgan fingerprint density at radius 1 is 1.36 bits per heavy atom. The van der Waals surface area contributed by atoms with Crippen LogP contribution in [0.5, 0.6) is 0 Å². The first kappa shape index (κ1) is 16.3. The molecule has 7 heteroatoms. The number of aliphatic hydroxyl groups is 1. The number of nitriles is 1. The van der Waals surface area contributed by atoms with Crippen molar-refractivity contribution in [2.45, 2.75) is 39.1 Å². The molecule has 0 aromatic heterocycles. The molecule has 2 rings (SSSR count). The van der Waals surface area contributed by atoms with Gasteiger partial charge in [0.25, 0.3) is 0 Å². The Bertz CT molecular complexity index is 662. The Balaban J connectivity index is 2.56. The van der Waals surface area contributed by atoms with Crippen LogP contribution in [0.4, 0.5) is 18.9 Å². The van der Waals surface area contributed by atoms with Gasteiger partial charge in [-0.05, 0) is 39.0 Å². The summed E-state index contributed by atoms with van der Waals surface area (Å²) in [6, 6.07) is 3.94. The van der Waals surface area contributed by atoms with E-state index in [-0.39, 0.29) is 5.69 Å². The average Bonchev–Trinajstić information content (AvgIpc) is 2.58. The van der Waals surface area contributed by atoms with Crippen LogP contribution >= 0.6 is 0 Å². The van der Waals surface area contributed by atoms with E-state index in [1.54, 1.807) is 20.8 Å². The van der Waals surface area contributed by atoms with Gasteiger partial charge in [-0.3, -0.25) is 4.79 Å². The maximum absolute atomic E-state index is 13.0. The van der Waals surface area contributed by atoms with Crippen molar-refractivity contribution in [1.29, 1.82) is 5.26 Å². The van der Waals surface area contributed by atoms with E-state index in [0.717, 1.165) is 17.0 Å². The summed E-state index contributed by atoms with van der Waals surface area (Å²) >= 11 is 0. The van der Waals surface area contributed by atoms with E-state index in [9.17, 15) is 23.1 Å². The molecular formula is C15H15F3N2O2. The summed E-state index contributed by atoms with van der Waals surface area (Å²) in [5.74, 6) is -0.453. The number of carbonyl (C=O) groups excluding carboxylic acids is 1. The van der Waals surface area contributed by atoms with Crippen molar-refractivity contribution >= 4 is 11.6 Å². The highest BCUT2D eigenvalue weighted by Crippen LogP contribution is 2.41. The fourth-order valence-corrected chi connectivity index (χ4v) is 2.73. The molecule has 1 aliphatic rings. The zero-order valence-electron chi connectivity index (χ0n) is 12.3. The number of amides is 1. The molecule has 4 nitrogen and oxygen atoms in total. The first-order chi connectivity index (χ1) is 10.0. The van der Waals surface area contributed by atoms with E-state index in [1.165, 1.54) is 12.1 Å². The molecule has 0 aliphatic carbocycles. The predicted molar refractivity (Wildman–Crippen MR) is 72.9 cm³/mol. The Labute approximate surface area is 125 Å². The van der Waals surface area contributed by atoms with Crippen molar-refractivity contribution in [2.24, 2.45) is 5.41 Å². The molecule has 1 saturated heterocycles. The van der Waals surface area contributed by atoms with Crippen LogP contribution in [0.1, 0.15) is 31.9 Å². The molecule has 22 heavy (non-hydrogen) atoms. The Hall–Kier alpha value is -2.07. The molecule has 1 heterocycles. The van der Waals surface area contributed by atoms with E-state index in [2.05, 4.69) is 0 Å². The van der Waals surface area contributed by atoms with Crippen LogP contribution in [-0.4, -0.2) is 23.2 Å². The molecule has 0 spiro atoms. The molecule has 1 aromatic carbocycles. The smallest absolute Gasteiger partial charge is 0.390 e. The topological polar surface area (TPSA) is 64.3 Å². The lowest BCUT2D eigenvalue weighted by molar-refractivity contribution is -0.137. The first-order valence-electron chi connectivity index (χ1n) is 6.65. The van der Waals surface area contributed by atoms with Gasteiger partial charge in [0.1, 0.15) is 0 Å². The van der Waals surface area contributed by atoms with E-state index in [0.29, 0.717) is 0 Å². The number of aliphatic hydroxyl groups excluding tert-OH is 1. The van der Waals surface area contributed by atoms with Crippen molar-refractivity contribution in [3.05, 3.63) is 29.3 Å². The predicted octanol–water partition coefficient (Wildman–Crippen LogP) is 2.70. The van der Waals surface area contributed by atoms with Crippen molar-refractivity contribution in [3.8, 4) is 6.07 Å². The number of hydrogen-bond donors (Lipinski definition) is 1. The summed E-state index contributed by atoms with van der Waals surface area (Å²) in [6.45, 7) is 4.67. The second-order valence-corrected chi connectivity index (χ2v) is 5.92. The largest absolute Gasteiger partial charge is 0.417 e. The summed E-state index contributed by atoms with van der Waals surface area (Å²) in [5.41, 5.74) is -2.65. The monoisotopic (exact) mass is 312 g/mol. The van der Waals surface area contributed by atoms with Crippen molar-refractivity contribution in [3.63, 3.8) is 0 Å². The molecule has 0 bridgehead atoms. The zero-order valence-corrected chi connectivity index (χ0v) is 12.3. The average molecular weight is 312 g/mol. The second-order valence-electron chi connectivity index (χ2n) is 5.92. The minimum absolute atomic E-state index is 0.0217. The van der Waals surface area contributed by atoms with E-state index < -0.39 is 40.8 Å². The SMILES string of the molecule is C[C@H]1[C@H](O)C(C)(C)C(=O)N1c1ccc(C#N)c(C(F)(F)F)c1. The van der Waals surface area contributed by atoms with E-state index >= 15 is 0 Å². The van der Waals surface area contributed by atoms with Crippen LogP contribution in [0.3, 0.4) is 0 Å². The van der Waals surface area contributed by atoms with Gasteiger partial charge in [-0.25, -0.2) is 0 Å². The van der Waals surface area contributed by atoms with Gasteiger partial charge in [0, 0.05) is 5.69 Å². The Morgan fingerprint density at radius 3 is 2.36 bits per heavy atom. The molecular weight excluding hydrogens is 297 g/mol. The third-order valence-electron chi connectivity index (χ3n) is 4.08. The third-order valence-corrected chi connectivity index (χ3v) is 4.08. The molecule has 1 aromatic rings. The number of benzene rings is 1. The fraction of sp³-hybridized carbons (Fsp3) is 0.467. The third kappa shape index (κ3) is 2.33. The first-order valence-corrected chi connectivity index (χ1v) is 6.65. The lowest BCUT2D eigenvalue weighted by atomic mass is 9.87. The number of nitrogens with zero attached hydrogens (tertiary/aromatic N) is 2. The Kier molecular flexibility index (Phi) is 3.70. The molecule has 0 saturated carbocycles. The zero-order chi connectivity index (χ0) is 16.9. The summed E-state index contributed by atoms with van der Waals surface area (Å²) in [5, 5.41) is 18.9. The second kappa shape index (κ2) is 4.99. The van der Waals surface area contributed by atoms with Gasteiger partial charge in [0.15, 0.2) is 0 Å². The summed E-state index contributed by atoms with van der Waals surface area (Å²) in [6.07, 6.45) is -5.69. The number of halogens is 3. The summed E-state index contributed by atoms with van der Waals surface area (Å²) in [7, 11) is 0. The van der Waals surface area contributed by atoms with Gasteiger partial charge in [0.05, 0.1) is 34.8 Å². The van der Waals surface area contributed by atoms with Crippen LogP contribution < -0.4 is 4.90 Å². The molecule has 118 valence electrons. The number of carbonyl (C=O) groups is 1. The van der Waals surface area contributed by atoms with Crippen LogP contribution in [-0.2, 0) is 11.0 Å². The molecule has 0 radical (unpaired) electrons. The van der Waals surface area contributed by atoms with Crippen LogP contribution in [0.15, 0.2) is 18.2 Å². The van der Waals surface area contributed by atoms with Crippen LogP contribution in [0, 0.1) is 16.7 Å². The summed E-state index contributed by atoms with van der Waals surface area (Å²) < 4.78 is 39.1. The highest BCUT2D eigenvalue weighted by Gasteiger charge is 2.52. The number of anilines is 1. The maximum Gasteiger partial charge on any atom is 0.417 e. The van der Waals surface area contributed by atoms with E-state index in [1.807, 2.05) is 0 Å². The van der Waals surface area contributed by atoms with Gasteiger partial charge < -0.3 is 10.0 Å². The molecule has 1 aliphatic heterocycles. The van der Waals surface area contributed by atoms with Crippen molar-refractivity contribution in [2.75, 3.05) is 4.90 Å². The minimum Gasteiger partial charge on any atom is -0.390 e. The van der Waals surface area contributed by atoms with Crippen molar-refractivity contribution < 1.29 is 23.1 Å². The highest BCUT2D eigenvalue weighted by molar-refractivity contribution is 6.01. The quantitative estimate of drug-likeness (QED) is 0.867. The molecule has 1 fully saturated rings. The van der Waals surface area contributed by atoms with Gasteiger partial charge in [-0.1, -0.05) is 0 Å². The number of hydrogen-bond acceptors (Lipinski definition) is 3. The van der Waals surface area contributed by atoms with Crippen LogP contribution in [0.2, 0.25) is 0 Å². The van der Waals surface area contributed by atoms with Gasteiger partial charge in [-0.15, -0.1) is 0 Å². The van der Waals surface area contributed by atoms with Gasteiger partial charge in [0.2, 0.25) is 5.91 Å². The normalized spacial score (nSPS) is 24.5. The summed E-state index contributed by atoms with van der Waals surface area (Å²) in [4.78, 5) is 13.5. The van der Waals surface area contributed by atoms with Gasteiger partial charge in [-0.2, -0.15) is 18.4 Å². The Morgan fingerprint density at radius 2 is 1.95 bits per heavy atom. The van der Waals surface area contributed by atoms with Crippen molar-refractivity contribution in [1.82, 2.24) is 0 Å². The lowest BCUT2D eigenvalue weighted by Crippen LogP contribution is -2.34. The molecule has 2 atom stereocenters. The van der Waals surface area contributed by atoms with E-state index in [4.69, 9.17) is 5.26 Å².